The average molecular weight is 349 g/mol. The average Bonchev–Trinajstić information content (AvgIpc) is 3.25. The third kappa shape index (κ3) is 3.16. The van der Waals surface area contributed by atoms with Gasteiger partial charge in [-0.25, -0.2) is 0 Å². The molecule has 4 rings (SSSR count). The van der Waals surface area contributed by atoms with Crippen molar-refractivity contribution in [2.24, 2.45) is 11.8 Å². The van der Waals surface area contributed by atoms with Crippen molar-refractivity contribution in [2.45, 2.75) is 12.6 Å². The van der Waals surface area contributed by atoms with Crippen molar-refractivity contribution >= 4 is 12.4 Å². The number of likely N-dealkylation sites (tertiary alicyclic amines) is 2. The topological polar surface area (TPSA) is 44.4 Å². The maximum Gasteiger partial charge on any atom is 0.118 e. The second kappa shape index (κ2) is 7.13. The van der Waals surface area contributed by atoms with Crippen LogP contribution in [0.3, 0.4) is 0 Å². The Morgan fingerprint density at radius 1 is 1.17 bits per heavy atom. The molecule has 3 atom stereocenters. The fourth-order valence-corrected chi connectivity index (χ4v) is 4.40. The van der Waals surface area contributed by atoms with Gasteiger partial charge < -0.3 is 4.74 Å². The van der Waals surface area contributed by atoms with Gasteiger partial charge in [0.25, 0.3) is 0 Å². The molecular weight excluding hydrogens is 324 g/mol. The number of nitrogens with one attached hydrogen (secondary N) is 1. The van der Waals surface area contributed by atoms with Crippen molar-refractivity contribution in [3.05, 3.63) is 47.8 Å². The van der Waals surface area contributed by atoms with Crippen LogP contribution in [-0.4, -0.2) is 53.8 Å². The van der Waals surface area contributed by atoms with E-state index in [2.05, 4.69) is 57.4 Å². The van der Waals surface area contributed by atoms with Crippen molar-refractivity contribution in [1.82, 2.24) is 20.0 Å². The first kappa shape index (κ1) is 17.3. The van der Waals surface area contributed by atoms with Crippen molar-refractivity contribution in [2.75, 3.05) is 33.8 Å². The molecule has 0 unspecified atom stereocenters. The predicted octanol–water partition coefficient (Wildman–Crippen LogP) is 2.57. The lowest BCUT2D eigenvalue weighted by atomic mass is 9.89. The number of methoxy groups -OCH3 is 1. The Balaban J connectivity index is 0.00000169. The molecule has 24 heavy (non-hydrogen) atoms. The zero-order valence-corrected chi connectivity index (χ0v) is 15.0. The Morgan fingerprint density at radius 3 is 2.62 bits per heavy atom. The summed E-state index contributed by atoms with van der Waals surface area (Å²) >= 11 is 0. The lowest BCUT2D eigenvalue weighted by molar-refractivity contribution is 0.223. The molecule has 1 aromatic carbocycles. The molecule has 1 aromatic heterocycles. The minimum absolute atomic E-state index is 0. The number of ether oxygens (including phenoxy) is 1. The molecule has 0 saturated carbocycles. The number of fused-ring (bicyclic) bond motifs is 1. The summed E-state index contributed by atoms with van der Waals surface area (Å²) < 4.78 is 5.29. The summed E-state index contributed by atoms with van der Waals surface area (Å²) in [7, 11) is 3.98. The Labute approximate surface area is 149 Å². The first-order valence-corrected chi connectivity index (χ1v) is 8.29. The SMILES string of the molecule is COc1ccc([C@@H]2[C@@H]3CN(Cc4ccn[nH]4)C[C@@H]3CN2C)cc1.Cl. The summed E-state index contributed by atoms with van der Waals surface area (Å²) in [5.74, 6) is 2.39. The van der Waals surface area contributed by atoms with Crippen LogP contribution in [-0.2, 0) is 6.54 Å². The maximum atomic E-state index is 5.29. The molecule has 0 aliphatic carbocycles. The first-order valence-electron chi connectivity index (χ1n) is 8.29. The van der Waals surface area contributed by atoms with Gasteiger partial charge in [0.1, 0.15) is 5.75 Å². The first-order chi connectivity index (χ1) is 11.2. The van der Waals surface area contributed by atoms with Gasteiger partial charge in [0.2, 0.25) is 0 Å². The Hall–Kier alpha value is -1.56. The molecule has 2 aromatic rings. The summed E-state index contributed by atoms with van der Waals surface area (Å²) in [6.45, 7) is 4.50. The van der Waals surface area contributed by atoms with E-state index in [-0.39, 0.29) is 12.4 Å². The van der Waals surface area contributed by atoms with Crippen LogP contribution in [0.2, 0.25) is 0 Å². The molecule has 0 amide bonds. The third-order valence-electron chi connectivity index (χ3n) is 5.38. The lowest BCUT2D eigenvalue weighted by Crippen LogP contribution is -2.29. The van der Waals surface area contributed by atoms with E-state index in [0.717, 1.165) is 24.8 Å². The standard InChI is InChI=1S/C18H24N4O.ClH/c1-21-9-14-10-22(11-15-7-8-19-20-15)12-17(14)18(21)13-3-5-16(23-2)6-4-13;/h3-8,14,17-18H,9-12H2,1-2H3,(H,19,20);1H/t14-,17+,18+;/m0./s1. The number of rotatable bonds is 4. The van der Waals surface area contributed by atoms with Crippen molar-refractivity contribution in [3.63, 3.8) is 0 Å². The van der Waals surface area contributed by atoms with E-state index in [0.29, 0.717) is 12.0 Å². The normalized spacial score (nSPS) is 27.0. The van der Waals surface area contributed by atoms with Gasteiger partial charge in [-0.05, 0) is 42.6 Å². The molecule has 3 heterocycles. The van der Waals surface area contributed by atoms with Crippen LogP contribution in [0.5, 0.6) is 5.75 Å². The number of hydrogen-bond acceptors (Lipinski definition) is 4. The van der Waals surface area contributed by atoms with Crippen LogP contribution in [0.15, 0.2) is 36.5 Å². The highest BCUT2D eigenvalue weighted by molar-refractivity contribution is 5.85. The van der Waals surface area contributed by atoms with Crippen LogP contribution in [0.25, 0.3) is 0 Å². The van der Waals surface area contributed by atoms with Gasteiger partial charge in [-0.15, -0.1) is 12.4 Å². The van der Waals surface area contributed by atoms with Crippen LogP contribution in [0.1, 0.15) is 17.3 Å². The van der Waals surface area contributed by atoms with E-state index in [1.807, 2.05) is 6.20 Å². The van der Waals surface area contributed by atoms with E-state index in [4.69, 9.17) is 4.74 Å². The molecule has 0 spiro atoms. The number of hydrogen-bond donors (Lipinski definition) is 1. The molecule has 2 fully saturated rings. The molecule has 1 N–H and O–H groups in total. The van der Waals surface area contributed by atoms with Gasteiger partial charge in [0.15, 0.2) is 0 Å². The smallest absolute Gasteiger partial charge is 0.118 e. The summed E-state index contributed by atoms with van der Waals surface area (Å²) in [4.78, 5) is 5.08. The quantitative estimate of drug-likeness (QED) is 0.922. The van der Waals surface area contributed by atoms with E-state index < -0.39 is 0 Å². The number of benzene rings is 1. The fourth-order valence-electron chi connectivity index (χ4n) is 4.40. The minimum atomic E-state index is 0. The Kier molecular flexibility index (Phi) is 5.13. The van der Waals surface area contributed by atoms with Crippen molar-refractivity contribution < 1.29 is 4.74 Å². The molecular formula is C18H25ClN4O. The summed E-state index contributed by atoms with van der Waals surface area (Å²) in [6.07, 6.45) is 1.83. The van der Waals surface area contributed by atoms with Gasteiger partial charge in [-0.2, -0.15) is 5.10 Å². The molecule has 0 bridgehead atoms. The largest absolute Gasteiger partial charge is 0.497 e. The predicted molar refractivity (Wildman–Crippen MR) is 96.5 cm³/mol. The zero-order valence-electron chi connectivity index (χ0n) is 14.2. The molecule has 2 saturated heterocycles. The van der Waals surface area contributed by atoms with Crippen LogP contribution < -0.4 is 4.74 Å². The molecule has 130 valence electrons. The Bertz CT molecular complexity index is 646. The van der Waals surface area contributed by atoms with Crippen molar-refractivity contribution in [3.8, 4) is 5.75 Å². The number of nitrogens with zero attached hydrogens (tertiary/aromatic N) is 3. The van der Waals surface area contributed by atoms with Gasteiger partial charge in [0, 0.05) is 44.1 Å². The summed E-state index contributed by atoms with van der Waals surface area (Å²) in [5.41, 5.74) is 2.61. The highest BCUT2D eigenvalue weighted by Crippen LogP contribution is 2.44. The van der Waals surface area contributed by atoms with Gasteiger partial charge in [-0.3, -0.25) is 14.9 Å². The fraction of sp³-hybridized carbons (Fsp3) is 0.500. The minimum Gasteiger partial charge on any atom is -0.497 e. The second-order valence-electron chi connectivity index (χ2n) is 6.86. The molecule has 2 aliphatic rings. The Morgan fingerprint density at radius 2 is 1.96 bits per heavy atom. The lowest BCUT2D eigenvalue weighted by Gasteiger charge is -2.26. The number of aromatic amines is 1. The molecule has 0 radical (unpaired) electrons. The third-order valence-corrected chi connectivity index (χ3v) is 5.38. The summed E-state index contributed by atoms with van der Waals surface area (Å²) in [6, 6.07) is 11.2. The maximum absolute atomic E-state index is 5.29. The highest BCUT2D eigenvalue weighted by atomic mass is 35.5. The monoisotopic (exact) mass is 348 g/mol. The second-order valence-corrected chi connectivity index (χ2v) is 6.86. The molecule has 6 heteroatoms. The van der Waals surface area contributed by atoms with Crippen molar-refractivity contribution in [1.29, 1.82) is 0 Å². The van der Waals surface area contributed by atoms with E-state index in [9.17, 15) is 0 Å². The highest BCUT2D eigenvalue weighted by Gasteiger charge is 2.45. The molecule has 5 nitrogen and oxygen atoms in total. The number of aromatic nitrogens is 2. The number of halogens is 1. The van der Waals surface area contributed by atoms with Gasteiger partial charge >= 0.3 is 0 Å². The molecule has 2 aliphatic heterocycles. The zero-order chi connectivity index (χ0) is 15.8. The van der Waals surface area contributed by atoms with Crippen LogP contribution in [0, 0.1) is 11.8 Å². The van der Waals surface area contributed by atoms with E-state index >= 15 is 0 Å². The van der Waals surface area contributed by atoms with Gasteiger partial charge in [-0.1, -0.05) is 12.1 Å². The summed E-state index contributed by atoms with van der Waals surface area (Å²) in [5, 5.41) is 7.13. The van der Waals surface area contributed by atoms with E-state index in [1.54, 1.807) is 7.11 Å². The van der Waals surface area contributed by atoms with E-state index in [1.165, 1.54) is 24.3 Å². The van der Waals surface area contributed by atoms with Crippen LogP contribution >= 0.6 is 12.4 Å². The van der Waals surface area contributed by atoms with Crippen LogP contribution in [0.4, 0.5) is 0 Å². The number of H-pyrrole nitrogens is 1. The van der Waals surface area contributed by atoms with Gasteiger partial charge in [0.05, 0.1) is 7.11 Å².